The average Bonchev–Trinajstić information content (AvgIpc) is 3.37. The van der Waals surface area contributed by atoms with Gasteiger partial charge in [-0.3, -0.25) is 9.59 Å². The minimum absolute atomic E-state index is 0.121. The normalized spacial score (nSPS) is 18.7. The van der Waals surface area contributed by atoms with Gasteiger partial charge >= 0.3 is 6.09 Å². The first-order valence-electron chi connectivity index (χ1n) is 10.9. The Bertz CT molecular complexity index is 905. The first-order chi connectivity index (χ1) is 14.7. The van der Waals surface area contributed by atoms with E-state index >= 15 is 0 Å². The molecule has 3 atom stereocenters. The van der Waals surface area contributed by atoms with Crippen LogP contribution in [0.4, 0.5) is 4.79 Å². The maximum Gasteiger partial charge on any atom is 0.408 e. The van der Waals surface area contributed by atoms with Crippen LogP contribution in [-0.2, 0) is 14.3 Å². The van der Waals surface area contributed by atoms with Gasteiger partial charge in [-0.1, -0.05) is 31.0 Å². The molecular weight excluding hydrogens is 406 g/mol. The number of benzene rings is 1. The zero-order chi connectivity index (χ0) is 24.3. The molecule has 7 nitrogen and oxygen atoms in total. The zero-order valence-electron chi connectivity index (χ0n) is 20.1. The number of hydrogen-bond acceptors (Lipinski definition) is 4. The summed E-state index contributed by atoms with van der Waals surface area (Å²) < 4.78 is 5.23. The number of amides is 3. The summed E-state index contributed by atoms with van der Waals surface area (Å²) in [6, 6.07) is 6.09. The summed E-state index contributed by atoms with van der Waals surface area (Å²) in [7, 11) is 0. The first-order valence-corrected chi connectivity index (χ1v) is 10.9. The van der Waals surface area contributed by atoms with Crippen LogP contribution >= 0.6 is 0 Å². The number of ether oxygens (including phenoxy) is 1. The third-order valence-corrected chi connectivity index (χ3v) is 4.93. The molecule has 1 aromatic rings. The van der Waals surface area contributed by atoms with Gasteiger partial charge < -0.3 is 20.3 Å². The van der Waals surface area contributed by atoms with Crippen molar-refractivity contribution < 1.29 is 19.1 Å². The van der Waals surface area contributed by atoms with E-state index in [1.165, 1.54) is 0 Å². The number of hydrogen-bond donors (Lipinski definition) is 2. The number of nitrogens with zero attached hydrogens (tertiary/aromatic N) is 1. The first kappa shape index (κ1) is 25.3. The fourth-order valence-electron chi connectivity index (χ4n) is 3.49. The number of nitrogens with one attached hydrogen (secondary N) is 2. The van der Waals surface area contributed by atoms with E-state index in [0.29, 0.717) is 11.1 Å². The molecular formula is C25H35N3O4. The Balaban J connectivity index is 2.39. The van der Waals surface area contributed by atoms with Crippen molar-refractivity contribution in [2.75, 3.05) is 6.54 Å². The van der Waals surface area contributed by atoms with Crippen LogP contribution < -0.4 is 10.6 Å². The highest BCUT2D eigenvalue weighted by molar-refractivity contribution is 5.91. The van der Waals surface area contributed by atoms with Crippen LogP contribution in [0.1, 0.15) is 72.1 Å². The van der Waals surface area contributed by atoms with Gasteiger partial charge in [-0.2, -0.15) is 0 Å². The predicted octanol–water partition coefficient (Wildman–Crippen LogP) is 3.39. The Morgan fingerprint density at radius 1 is 1.19 bits per heavy atom. The molecule has 2 N–H and O–H groups in total. The summed E-state index contributed by atoms with van der Waals surface area (Å²) in [5.74, 6) is 2.18. The summed E-state index contributed by atoms with van der Waals surface area (Å²) in [4.78, 5) is 40.5. The maximum absolute atomic E-state index is 13.5. The molecule has 0 aromatic heterocycles. The molecule has 3 unspecified atom stereocenters. The van der Waals surface area contributed by atoms with Crippen LogP contribution in [0, 0.1) is 18.3 Å². The standard InChI is InChI=1S/C25H35N3O4/c1-9-17-12-10-11-13-18(17)21(22(30)27-24(3,4)5)28(19-14-16(19)2)20(29)15-26-23(31)32-25(6,7)8/h1,10-13,16,19,21H,14-15H2,2-8H3,(H,26,31)(H,27,30). The topological polar surface area (TPSA) is 87.7 Å². The third-order valence-electron chi connectivity index (χ3n) is 4.93. The molecule has 32 heavy (non-hydrogen) atoms. The Morgan fingerprint density at radius 3 is 2.28 bits per heavy atom. The van der Waals surface area contributed by atoms with E-state index in [1.807, 2.05) is 27.7 Å². The molecule has 0 saturated heterocycles. The second-order valence-corrected chi connectivity index (χ2v) is 10.3. The summed E-state index contributed by atoms with van der Waals surface area (Å²) in [6.07, 6.45) is 5.80. The molecule has 1 aliphatic carbocycles. The molecule has 174 valence electrons. The second-order valence-electron chi connectivity index (χ2n) is 10.3. The lowest BCUT2D eigenvalue weighted by atomic mass is 9.96. The monoisotopic (exact) mass is 441 g/mol. The van der Waals surface area contributed by atoms with Crippen molar-refractivity contribution in [2.45, 2.75) is 78.1 Å². The van der Waals surface area contributed by atoms with E-state index in [4.69, 9.17) is 11.2 Å². The van der Waals surface area contributed by atoms with Crippen LogP contribution in [-0.4, -0.2) is 46.5 Å². The van der Waals surface area contributed by atoms with Gasteiger partial charge in [-0.25, -0.2) is 4.79 Å². The SMILES string of the molecule is C#Cc1ccccc1C(C(=O)NC(C)(C)C)N(C(=O)CNC(=O)OC(C)(C)C)C1CC1C. The molecule has 1 aliphatic rings. The van der Waals surface area contributed by atoms with Gasteiger partial charge in [0.25, 0.3) is 0 Å². The fourth-order valence-corrected chi connectivity index (χ4v) is 3.49. The highest BCUT2D eigenvalue weighted by Gasteiger charge is 2.47. The van der Waals surface area contributed by atoms with Crippen molar-refractivity contribution in [2.24, 2.45) is 5.92 Å². The number of terminal acetylenes is 1. The minimum atomic E-state index is -0.913. The third kappa shape index (κ3) is 7.01. The lowest BCUT2D eigenvalue weighted by Gasteiger charge is -2.34. The molecule has 0 bridgehead atoms. The van der Waals surface area contributed by atoms with Gasteiger partial charge in [0.1, 0.15) is 18.2 Å². The summed E-state index contributed by atoms with van der Waals surface area (Å²) in [6.45, 7) is 12.6. The highest BCUT2D eigenvalue weighted by Crippen LogP contribution is 2.41. The second kappa shape index (κ2) is 9.64. The highest BCUT2D eigenvalue weighted by atomic mass is 16.6. The van der Waals surface area contributed by atoms with Crippen molar-refractivity contribution >= 4 is 17.9 Å². The molecule has 1 aromatic carbocycles. The molecule has 1 fully saturated rings. The van der Waals surface area contributed by atoms with Crippen molar-refractivity contribution in [3.05, 3.63) is 35.4 Å². The maximum atomic E-state index is 13.5. The van der Waals surface area contributed by atoms with Crippen molar-refractivity contribution in [1.29, 1.82) is 0 Å². The Kier molecular flexibility index (Phi) is 7.61. The summed E-state index contributed by atoms with van der Waals surface area (Å²) in [5, 5.41) is 5.50. The number of alkyl carbamates (subject to hydrolysis) is 1. The van der Waals surface area contributed by atoms with Crippen LogP contribution in [0.5, 0.6) is 0 Å². The lowest BCUT2D eigenvalue weighted by Crippen LogP contribution is -2.52. The summed E-state index contributed by atoms with van der Waals surface area (Å²) in [5.41, 5.74) is -0.0492. The van der Waals surface area contributed by atoms with Crippen LogP contribution in [0.25, 0.3) is 0 Å². The molecule has 2 rings (SSSR count). The number of rotatable bonds is 6. The van der Waals surface area contributed by atoms with E-state index in [0.717, 1.165) is 6.42 Å². The van der Waals surface area contributed by atoms with Gasteiger partial charge in [0.2, 0.25) is 11.8 Å². The Hall–Kier alpha value is -3.01. The summed E-state index contributed by atoms with van der Waals surface area (Å²) >= 11 is 0. The Labute approximate surface area is 191 Å². The molecule has 7 heteroatoms. The molecule has 0 heterocycles. The van der Waals surface area contributed by atoms with E-state index in [-0.39, 0.29) is 30.3 Å². The predicted molar refractivity (Wildman–Crippen MR) is 124 cm³/mol. The lowest BCUT2D eigenvalue weighted by molar-refractivity contribution is -0.141. The van der Waals surface area contributed by atoms with E-state index in [9.17, 15) is 14.4 Å². The van der Waals surface area contributed by atoms with Gasteiger partial charge in [-0.05, 0) is 65.5 Å². The van der Waals surface area contributed by atoms with E-state index < -0.39 is 23.3 Å². The van der Waals surface area contributed by atoms with E-state index in [1.54, 1.807) is 49.9 Å². The van der Waals surface area contributed by atoms with Gasteiger partial charge in [0.15, 0.2) is 0 Å². The number of carbonyl (C=O) groups excluding carboxylic acids is 3. The number of carbonyl (C=O) groups is 3. The molecule has 0 spiro atoms. The van der Waals surface area contributed by atoms with Crippen LogP contribution in [0.2, 0.25) is 0 Å². The van der Waals surface area contributed by atoms with Crippen molar-refractivity contribution in [1.82, 2.24) is 15.5 Å². The van der Waals surface area contributed by atoms with Gasteiger partial charge in [0.05, 0.1) is 0 Å². The van der Waals surface area contributed by atoms with Gasteiger partial charge in [0, 0.05) is 17.1 Å². The quantitative estimate of drug-likeness (QED) is 0.663. The Morgan fingerprint density at radius 2 is 1.78 bits per heavy atom. The van der Waals surface area contributed by atoms with Crippen LogP contribution in [0.3, 0.4) is 0 Å². The minimum Gasteiger partial charge on any atom is -0.444 e. The fraction of sp³-hybridized carbons (Fsp3) is 0.560. The molecule has 0 aliphatic heterocycles. The molecule has 1 saturated carbocycles. The zero-order valence-corrected chi connectivity index (χ0v) is 20.1. The van der Waals surface area contributed by atoms with Crippen molar-refractivity contribution in [3.63, 3.8) is 0 Å². The molecule has 3 amide bonds. The van der Waals surface area contributed by atoms with E-state index in [2.05, 4.69) is 16.6 Å². The van der Waals surface area contributed by atoms with Crippen molar-refractivity contribution in [3.8, 4) is 12.3 Å². The van der Waals surface area contributed by atoms with Crippen LogP contribution in [0.15, 0.2) is 24.3 Å². The molecule has 0 radical (unpaired) electrons. The smallest absolute Gasteiger partial charge is 0.408 e. The van der Waals surface area contributed by atoms with Gasteiger partial charge in [-0.15, -0.1) is 6.42 Å². The largest absolute Gasteiger partial charge is 0.444 e. The average molecular weight is 442 g/mol.